The Morgan fingerprint density at radius 2 is 1.87 bits per heavy atom. The van der Waals surface area contributed by atoms with E-state index in [1.165, 1.54) is 7.11 Å². The Hall–Kier alpha value is -3.41. The summed E-state index contributed by atoms with van der Waals surface area (Å²) in [5, 5.41) is 7.64. The number of benzene rings is 1. The van der Waals surface area contributed by atoms with Gasteiger partial charge in [-0.1, -0.05) is 0 Å². The van der Waals surface area contributed by atoms with Gasteiger partial charge in [-0.25, -0.2) is 4.79 Å². The molecule has 38 heavy (non-hydrogen) atoms. The summed E-state index contributed by atoms with van der Waals surface area (Å²) in [5.41, 5.74) is 0.976. The maximum atomic E-state index is 12.5. The molecule has 208 valence electrons. The summed E-state index contributed by atoms with van der Waals surface area (Å²) >= 11 is 0.851. The predicted molar refractivity (Wildman–Crippen MR) is 146 cm³/mol. The fourth-order valence-corrected chi connectivity index (χ4v) is 4.82. The van der Waals surface area contributed by atoms with E-state index in [1.54, 1.807) is 40.0 Å². The van der Waals surface area contributed by atoms with E-state index in [0.717, 1.165) is 23.9 Å². The second kappa shape index (κ2) is 12.9. The van der Waals surface area contributed by atoms with Crippen molar-refractivity contribution in [2.24, 2.45) is 0 Å². The minimum atomic E-state index is -0.545. The number of ether oxygens (including phenoxy) is 3. The van der Waals surface area contributed by atoms with Crippen LogP contribution in [0.3, 0.4) is 0 Å². The molecule has 11 nitrogen and oxygen atoms in total. The summed E-state index contributed by atoms with van der Waals surface area (Å²) in [6.07, 6.45) is 3.63. The summed E-state index contributed by atoms with van der Waals surface area (Å²) < 4.78 is 16.1. The lowest BCUT2D eigenvalue weighted by Gasteiger charge is -2.23. The second-order valence-electron chi connectivity index (χ2n) is 10.0. The van der Waals surface area contributed by atoms with Gasteiger partial charge in [-0.15, -0.1) is 0 Å². The van der Waals surface area contributed by atoms with Crippen molar-refractivity contribution in [1.29, 1.82) is 0 Å². The molecule has 3 N–H and O–H groups in total. The van der Waals surface area contributed by atoms with E-state index < -0.39 is 22.8 Å². The van der Waals surface area contributed by atoms with Crippen LogP contribution in [-0.4, -0.2) is 68.6 Å². The van der Waals surface area contributed by atoms with Gasteiger partial charge in [0.2, 0.25) is 5.91 Å². The maximum absolute atomic E-state index is 12.5. The van der Waals surface area contributed by atoms with Crippen LogP contribution in [0.25, 0.3) is 6.08 Å². The van der Waals surface area contributed by atoms with Crippen molar-refractivity contribution in [3.05, 3.63) is 22.6 Å². The number of anilines is 1. The number of alkyl carbamates (subject to hydrolysis) is 1. The highest BCUT2D eigenvalue weighted by atomic mass is 32.2. The first-order valence-electron chi connectivity index (χ1n) is 12.5. The zero-order valence-electron chi connectivity index (χ0n) is 22.5. The van der Waals surface area contributed by atoms with E-state index in [4.69, 9.17) is 14.2 Å². The Morgan fingerprint density at radius 1 is 1.16 bits per heavy atom. The fraction of sp³-hybridized carbons (Fsp3) is 0.538. The van der Waals surface area contributed by atoms with Gasteiger partial charge in [-0.05, 0) is 63.9 Å². The summed E-state index contributed by atoms with van der Waals surface area (Å²) in [4.78, 5) is 50.4. The Balaban J connectivity index is 1.56. The number of methoxy groups -OCH3 is 2. The Morgan fingerprint density at radius 3 is 2.50 bits per heavy atom. The normalized spacial score (nSPS) is 18.4. The average Bonchev–Trinajstić information content (AvgIpc) is 3.42. The molecule has 12 heteroatoms. The van der Waals surface area contributed by atoms with E-state index in [0.29, 0.717) is 60.9 Å². The first-order chi connectivity index (χ1) is 18.0. The monoisotopic (exact) mass is 548 g/mol. The molecule has 0 bridgehead atoms. The molecule has 3 rings (SSSR count). The van der Waals surface area contributed by atoms with Crippen molar-refractivity contribution in [2.75, 3.05) is 38.8 Å². The van der Waals surface area contributed by atoms with Gasteiger partial charge in [0.1, 0.15) is 5.60 Å². The maximum Gasteiger partial charge on any atom is 0.407 e. The van der Waals surface area contributed by atoms with Gasteiger partial charge in [0.25, 0.3) is 11.1 Å². The zero-order chi connectivity index (χ0) is 27.9. The van der Waals surface area contributed by atoms with Crippen LogP contribution >= 0.6 is 11.8 Å². The SMILES string of the molecule is COc1cc(C=C2SC(=O)NC2=O)c(N2CC[C@H](NC(=O)CCCCNC(=O)OC(C)(C)C)C2)cc1OC. The Kier molecular flexibility index (Phi) is 9.90. The van der Waals surface area contributed by atoms with Gasteiger partial charge in [0, 0.05) is 49.4 Å². The zero-order valence-corrected chi connectivity index (χ0v) is 23.3. The van der Waals surface area contributed by atoms with Crippen molar-refractivity contribution in [3.63, 3.8) is 0 Å². The van der Waals surface area contributed by atoms with E-state index >= 15 is 0 Å². The quantitative estimate of drug-likeness (QED) is 0.297. The van der Waals surface area contributed by atoms with Crippen molar-refractivity contribution >= 4 is 46.7 Å². The lowest BCUT2D eigenvalue weighted by Crippen LogP contribution is -2.37. The van der Waals surface area contributed by atoms with Crippen LogP contribution < -0.4 is 30.3 Å². The van der Waals surface area contributed by atoms with Crippen LogP contribution in [0.1, 0.15) is 52.0 Å². The molecule has 0 radical (unpaired) electrons. The molecular formula is C26H36N4O7S. The molecule has 0 aromatic heterocycles. The Labute approximate surface area is 227 Å². The lowest BCUT2D eigenvalue weighted by atomic mass is 10.1. The highest BCUT2D eigenvalue weighted by molar-refractivity contribution is 8.18. The number of thioether (sulfide) groups is 1. The highest BCUT2D eigenvalue weighted by Gasteiger charge is 2.29. The molecule has 1 atom stereocenters. The number of hydrogen-bond donors (Lipinski definition) is 3. The van der Waals surface area contributed by atoms with Crippen molar-refractivity contribution in [3.8, 4) is 11.5 Å². The molecule has 2 saturated heterocycles. The number of rotatable bonds is 10. The molecule has 1 aromatic carbocycles. The third-order valence-corrected chi connectivity index (χ3v) is 6.66. The molecule has 0 unspecified atom stereocenters. The first kappa shape index (κ1) is 29.2. The first-order valence-corrected chi connectivity index (χ1v) is 13.3. The van der Waals surface area contributed by atoms with Gasteiger partial charge in [0.05, 0.1) is 19.1 Å². The van der Waals surface area contributed by atoms with Crippen molar-refractivity contribution in [1.82, 2.24) is 16.0 Å². The third-order valence-electron chi connectivity index (χ3n) is 5.85. The minimum Gasteiger partial charge on any atom is -0.493 e. The number of nitrogens with one attached hydrogen (secondary N) is 3. The van der Waals surface area contributed by atoms with Gasteiger partial charge >= 0.3 is 6.09 Å². The predicted octanol–water partition coefficient (Wildman–Crippen LogP) is 3.42. The number of imide groups is 1. The van der Waals surface area contributed by atoms with Crippen LogP contribution in [0.2, 0.25) is 0 Å². The number of unbranched alkanes of at least 4 members (excludes halogenated alkanes) is 1. The summed E-state index contributed by atoms with van der Waals surface area (Å²) in [5.74, 6) is 0.565. The van der Waals surface area contributed by atoms with Crippen LogP contribution in [0, 0.1) is 0 Å². The van der Waals surface area contributed by atoms with E-state index in [2.05, 4.69) is 20.9 Å². The molecule has 0 aliphatic carbocycles. The molecular weight excluding hydrogens is 512 g/mol. The van der Waals surface area contributed by atoms with Gasteiger partial charge in [0.15, 0.2) is 11.5 Å². The van der Waals surface area contributed by atoms with Crippen molar-refractivity contribution < 1.29 is 33.4 Å². The number of carbonyl (C=O) groups excluding carboxylic acids is 4. The van der Waals surface area contributed by atoms with E-state index in [9.17, 15) is 19.2 Å². The minimum absolute atomic E-state index is 0.0401. The molecule has 2 fully saturated rings. The summed E-state index contributed by atoms with van der Waals surface area (Å²) in [6, 6.07) is 3.57. The number of carbonyl (C=O) groups is 4. The van der Waals surface area contributed by atoms with E-state index in [1.807, 2.05) is 6.07 Å². The van der Waals surface area contributed by atoms with Gasteiger partial charge in [-0.2, -0.15) is 0 Å². The summed E-state index contributed by atoms with van der Waals surface area (Å²) in [7, 11) is 3.08. The summed E-state index contributed by atoms with van der Waals surface area (Å²) in [6.45, 7) is 7.13. The largest absolute Gasteiger partial charge is 0.493 e. The van der Waals surface area contributed by atoms with Crippen LogP contribution in [0.5, 0.6) is 11.5 Å². The molecule has 4 amide bonds. The average molecular weight is 549 g/mol. The highest BCUT2D eigenvalue weighted by Crippen LogP contribution is 2.39. The topological polar surface area (TPSA) is 135 Å². The molecule has 2 heterocycles. The van der Waals surface area contributed by atoms with Crippen LogP contribution in [-0.2, 0) is 14.3 Å². The molecule has 2 aliphatic heterocycles. The fourth-order valence-electron chi connectivity index (χ4n) is 4.15. The lowest BCUT2D eigenvalue weighted by molar-refractivity contribution is -0.121. The molecule has 2 aliphatic rings. The van der Waals surface area contributed by atoms with Gasteiger partial charge in [-0.3, -0.25) is 19.7 Å². The number of amides is 4. The molecule has 0 saturated carbocycles. The number of nitrogens with zero attached hydrogens (tertiary/aromatic N) is 1. The molecule has 1 aromatic rings. The van der Waals surface area contributed by atoms with Crippen molar-refractivity contribution in [2.45, 2.75) is 58.1 Å². The van der Waals surface area contributed by atoms with Crippen LogP contribution in [0.4, 0.5) is 15.3 Å². The van der Waals surface area contributed by atoms with Crippen LogP contribution in [0.15, 0.2) is 17.0 Å². The molecule has 0 spiro atoms. The number of hydrogen-bond acceptors (Lipinski definition) is 9. The van der Waals surface area contributed by atoms with Gasteiger partial charge < -0.3 is 29.7 Å². The third kappa shape index (κ3) is 8.30. The smallest absolute Gasteiger partial charge is 0.407 e. The second-order valence-corrected chi connectivity index (χ2v) is 11.0. The standard InChI is InChI=1S/C26H36N4O7S/c1-26(2,3)37-24(33)27-10-7-6-8-22(31)28-17-9-11-30(15-17)18-14-20(36-5)19(35-4)12-16(18)13-21-23(32)29-25(34)38-21/h12-14,17H,6-11,15H2,1-5H3,(H,27,33)(H,28,31)(H,29,32,34)/t17-/m0/s1. The Bertz CT molecular complexity index is 1100. The van der Waals surface area contributed by atoms with E-state index in [-0.39, 0.29) is 11.9 Å².